The van der Waals surface area contributed by atoms with E-state index in [1.54, 1.807) is 24.3 Å². The molecule has 2 aromatic carbocycles. The summed E-state index contributed by atoms with van der Waals surface area (Å²) in [6.45, 7) is -0.608. The smallest absolute Gasteiger partial charge is 0.229 e. The number of aliphatic hydroxyl groups is 4. The third-order valence-electron chi connectivity index (χ3n) is 4.94. The van der Waals surface area contributed by atoms with Crippen LogP contribution in [-0.2, 0) is 4.74 Å². The average molecular weight is 416 g/mol. The molecule has 1 saturated heterocycles. The quantitative estimate of drug-likeness (QED) is 0.406. The molecule has 0 aliphatic carbocycles. The molecule has 5 N–H and O–H groups in total. The lowest BCUT2D eigenvalue weighted by atomic mass is 9.99. The van der Waals surface area contributed by atoms with Crippen LogP contribution < -0.4 is 10.2 Å². The molecule has 1 fully saturated rings. The van der Waals surface area contributed by atoms with Gasteiger partial charge in [0.15, 0.2) is 5.43 Å². The van der Waals surface area contributed by atoms with Crippen LogP contribution in [0.25, 0.3) is 22.3 Å². The predicted molar refractivity (Wildman–Crippen MR) is 104 cm³/mol. The van der Waals surface area contributed by atoms with Crippen molar-refractivity contribution in [1.29, 1.82) is 0 Å². The number of benzene rings is 2. The molecule has 0 saturated carbocycles. The van der Waals surface area contributed by atoms with Gasteiger partial charge in [-0.25, -0.2) is 0 Å². The molecule has 9 heteroatoms. The van der Waals surface area contributed by atoms with E-state index >= 15 is 0 Å². The Labute approximate surface area is 170 Å². The van der Waals surface area contributed by atoms with E-state index in [0.717, 1.165) is 6.07 Å². The fourth-order valence-electron chi connectivity index (χ4n) is 3.36. The first-order chi connectivity index (χ1) is 14.4. The largest absolute Gasteiger partial charge is 0.507 e. The minimum absolute atomic E-state index is 0.0160. The highest BCUT2D eigenvalue weighted by Gasteiger charge is 2.44. The van der Waals surface area contributed by atoms with Gasteiger partial charge in [-0.1, -0.05) is 30.3 Å². The number of ether oxygens (including phenoxy) is 2. The number of aromatic hydroxyl groups is 1. The summed E-state index contributed by atoms with van der Waals surface area (Å²) in [6, 6.07) is 12.7. The molecule has 0 bridgehead atoms. The van der Waals surface area contributed by atoms with Crippen LogP contribution in [0, 0.1) is 0 Å². The van der Waals surface area contributed by atoms with Crippen LogP contribution in [0.4, 0.5) is 0 Å². The minimum atomic E-state index is -1.62. The molecule has 0 spiro atoms. The van der Waals surface area contributed by atoms with Gasteiger partial charge in [0.05, 0.1) is 6.61 Å². The van der Waals surface area contributed by atoms with Crippen molar-refractivity contribution >= 4 is 11.0 Å². The van der Waals surface area contributed by atoms with Crippen LogP contribution in [-0.4, -0.2) is 62.8 Å². The van der Waals surface area contributed by atoms with Gasteiger partial charge in [-0.2, -0.15) is 0 Å². The number of phenolic OH excluding ortho intramolecular Hbond substituents is 1. The van der Waals surface area contributed by atoms with Gasteiger partial charge in [0.1, 0.15) is 52.6 Å². The first kappa shape index (κ1) is 20.3. The van der Waals surface area contributed by atoms with Crippen LogP contribution in [0.1, 0.15) is 0 Å². The molecule has 9 nitrogen and oxygen atoms in total. The Kier molecular flexibility index (Phi) is 5.46. The third-order valence-corrected chi connectivity index (χ3v) is 4.94. The lowest BCUT2D eigenvalue weighted by Crippen LogP contribution is -2.60. The summed E-state index contributed by atoms with van der Waals surface area (Å²) < 4.78 is 16.6. The third kappa shape index (κ3) is 3.64. The zero-order valence-electron chi connectivity index (χ0n) is 15.6. The van der Waals surface area contributed by atoms with Gasteiger partial charge < -0.3 is 39.4 Å². The summed E-state index contributed by atoms with van der Waals surface area (Å²) in [6.07, 6.45) is -7.35. The molecule has 0 radical (unpaired) electrons. The Morgan fingerprint density at radius 1 is 0.967 bits per heavy atom. The van der Waals surface area contributed by atoms with Gasteiger partial charge in [0.2, 0.25) is 6.29 Å². The Hall–Kier alpha value is -2.95. The van der Waals surface area contributed by atoms with E-state index in [-0.39, 0.29) is 22.5 Å². The molecule has 3 aromatic rings. The number of rotatable bonds is 4. The second-order valence-electron chi connectivity index (χ2n) is 6.97. The molecular weight excluding hydrogens is 396 g/mol. The average Bonchev–Trinajstić information content (AvgIpc) is 2.74. The van der Waals surface area contributed by atoms with Gasteiger partial charge in [0.25, 0.3) is 0 Å². The lowest BCUT2D eigenvalue weighted by molar-refractivity contribution is -0.277. The van der Waals surface area contributed by atoms with Crippen LogP contribution in [0.15, 0.2) is 57.7 Å². The molecule has 1 unspecified atom stereocenters. The van der Waals surface area contributed by atoms with E-state index in [9.17, 15) is 30.3 Å². The molecule has 1 aliphatic heterocycles. The molecular formula is C21H20O9. The maximum Gasteiger partial charge on any atom is 0.229 e. The highest BCUT2D eigenvalue weighted by atomic mass is 16.7. The van der Waals surface area contributed by atoms with Crippen molar-refractivity contribution in [3.8, 4) is 22.8 Å². The van der Waals surface area contributed by atoms with Crippen LogP contribution in [0.2, 0.25) is 0 Å². The van der Waals surface area contributed by atoms with Gasteiger partial charge in [-0.3, -0.25) is 4.79 Å². The van der Waals surface area contributed by atoms with Crippen molar-refractivity contribution in [3.05, 3.63) is 58.8 Å². The SMILES string of the molecule is O=c1cc(-c2ccccc2)oc2cc(OC3O[C@H](CO)[C@@H](O)[C@H](O)[C@H]3O)cc(O)c12. The Bertz CT molecular complexity index is 1090. The van der Waals surface area contributed by atoms with Crippen molar-refractivity contribution in [2.45, 2.75) is 30.7 Å². The number of phenols is 1. The molecule has 0 amide bonds. The van der Waals surface area contributed by atoms with Crippen LogP contribution in [0.3, 0.4) is 0 Å². The molecule has 158 valence electrons. The van der Waals surface area contributed by atoms with Gasteiger partial charge in [0, 0.05) is 23.8 Å². The molecule has 5 atom stereocenters. The van der Waals surface area contributed by atoms with Crippen molar-refractivity contribution < 1.29 is 39.4 Å². The second kappa shape index (κ2) is 8.05. The van der Waals surface area contributed by atoms with Gasteiger partial charge in [-0.15, -0.1) is 0 Å². The van der Waals surface area contributed by atoms with Crippen LogP contribution in [0.5, 0.6) is 11.5 Å². The highest BCUT2D eigenvalue weighted by Crippen LogP contribution is 2.33. The topological polar surface area (TPSA) is 150 Å². The summed E-state index contributed by atoms with van der Waals surface area (Å²) in [7, 11) is 0. The van der Waals surface area contributed by atoms with Gasteiger partial charge in [-0.05, 0) is 0 Å². The lowest BCUT2D eigenvalue weighted by Gasteiger charge is -2.39. The Balaban J connectivity index is 1.71. The molecule has 30 heavy (non-hydrogen) atoms. The molecule has 4 rings (SSSR count). The summed E-state index contributed by atoms with van der Waals surface area (Å²) in [5.74, 6) is -0.129. The fourth-order valence-corrected chi connectivity index (χ4v) is 3.36. The molecule has 1 aromatic heterocycles. The van der Waals surface area contributed by atoms with Crippen molar-refractivity contribution in [1.82, 2.24) is 0 Å². The maximum absolute atomic E-state index is 12.5. The van der Waals surface area contributed by atoms with E-state index in [2.05, 4.69) is 0 Å². The van der Waals surface area contributed by atoms with Gasteiger partial charge >= 0.3 is 0 Å². The first-order valence-electron chi connectivity index (χ1n) is 9.22. The second-order valence-corrected chi connectivity index (χ2v) is 6.97. The van der Waals surface area contributed by atoms with E-state index in [1.165, 1.54) is 12.1 Å². The van der Waals surface area contributed by atoms with Crippen LogP contribution >= 0.6 is 0 Å². The summed E-state index contributed by atoms with van der Waals surface area (Å²) in [4.78, 5) is 12.5. The number of aliphatic hydroxyl groups excluding tert-OH is 4. The summed E-state index contributed by atoms with van der Waals surface area (Å²) in [5.41, 5.74) is 0.254. The van der Waals surface area contributed by atoms with E-state index in [4.69, 9.17) is 13.9 Å². The monoisotopic (exact) mass is 416 g/mol. The van der Waals surface area contributed by atoms with E-state index in [0.29, 0.717) is 5.56 Å². The van der Waals surface area contributed by atoms with Crippen molar-refractivity contribution in [3.63, 3.8) is 0 Å². The predicted octanol–water partition coefficient (Wildman–Crippen LogP) is 0.344. The Morgan fingerprint density at radius 2 is 1.70 bits per heavy atom. The molecule has 2 heterocycles. The number of hydrogen-bond acceptors (Lipinski definition) is 9. The zero-order valence-corrected chi connectivity index (χ0v) is 15.6. The first-order valence-corrected chi connectivity index (χ1v) is 9.22. The minimum Gasteiger partial charge on any atom is -0.507 e. The van der Waals surface area contributed by atoms with E-state index < -0.39 is 48.5 Å². The number of hydrogen-bond donors (Lipinski definition) is 5. The molecule has 1 aliphatic rings. The normalized spacial score (nSPS) is 26.6. The number of fused-ring (bicyclic) bond motifs is 1. The highest BCUT2D eigenvalue weighted by molar-refractivity contribution is 5.86. The Morgan fingerprint density at radius 3 is 2.40 bits per heavy atom. The zero-order chi connectivity index (χ0) is 21.4. The summed E-state index contributed by atoms with van der Waals surface area (Å²) in [5, 5.41) is 49.4. The summed E-state index contributed by atoms with van der Waals surface area (Å²) >= 11 is 0. The standard InChI is InChI=1S/C21H20O9/c22-9-16-18(25)19(26)20(27)21(30-16)28-11-6-12(23)17-13(24)8-14(29-15(17)7-11)10-4-2-1-3-5-10/h1-8,16,18-23,25-27H,9H2/t16-,18-,19+,20-,21?/m1/s1. The van der Waals surface area contributed by atoms with Crippen molar-refractivity contribution in [2.24, 2.45) is 0 Å². The van der Waals surface area contributed by atoms with E-state index in [1.807, 2.05) is 6.07 Å². The fraction of sp³-hybridized carbons (Fsp3) is 0.286. The maximum atomic E-state index is 12.5. The van der Waals surface area contributed by atoms with Crippen molar-refractivity contribution in [2.75, 3.05) is 6.61 Å².